The van der Waals surface area contributed by atoms with E-state index in [0.717, 1.165) is 6.26 Å². The molecule has 0 spiro atoms. The van der Waals surface area contributed by atoms with Crippen LogP contribution in [0.5, 0.6) is 0 Å². The molecule has 0 unspecified atom stereocenters. The van der Waals surface area contributed by atoms with Crippen LogP contribution in [0.2, 0.25) is 0 Å². The third-order valence-electron chi connectivity index (χ3n) is 1.30. The Balaban J connectivity index is 5.34. The number of hydrogen-bond donors (Lipinski definition) is 0. The molecule has 16 heavy (non-hydrogen) atoms. The predicted octanol–water partition coefficient (Wildman–Crippen LogP) is 4.42. The Bertz CT molecular complexity index is 245. The van der Waals surface area contributed by atoms with Crippen LogP contribution >= 0.6 is 21.6 Å². The van der Waals surface area contributed by atoms with Gasteiger partial charge in [0.2, 0.25) is 0 Å². The van der Waals surface area contributed by atoms with Crippen LogP contribution < -0.4 is 0 Å². The fourth-order valence-electron chi connectivity index (χ4n) is 0.518. The van der Waals surface area contributed by atoms with Crippen LogP contribution in [0.1, 0.15) is 0 Å². The minimum atomic E-state index is -6.80. The Kier molecular flexibility index (Phi) is 4.41. The van der Waals surface area contributed by atoms with Gasteiger partial charge in [0.15, 0.2) is 0 Å². The molecule has 0 saturated carbocycles. The highest BCUT2D eigenvalue weighted by molar-refractivity contribution is 8.76. The number of halogens is 9. The van der Waals surface area contributed by atoms with Crippen LogP contribution in [0.25, 0.3) is 0 Å². The van der Waals surface area contributed by atoms with Crippen molar-refractivity contribution < 1.29 is 39.5 Å². The minimum Gasteiger partial charge on any atom is -0.191 e. The monoisotopic (exact) mass is 298 g/mol. The number of hydrogen-bond acceptors (Lipinski definition) is 2. The van der Waals surface area contributed by atoms with E-state index in [1.807, 2.05) is 0 Å². The fraction of sp³-hybridized carbons (Fsp3) is 1.00. The summed E-state index contributed by atoms with van der Waals surface area (Å²) in [6, 6.07) is 0. The van der Waals surface area contributed by atoms with Gasteiger partial charge in [-0.1, -0.05) is 10.8 Å². The van der Waals surface area contributed by atoms with Crippen molar-refractivity contribution in [3.05, 3.63) is 0 Å². The van der Waals surface area contributed by atoms with E-state index in [1.54, 1.807) is 0 Å². The molecule has 98 valence electrons. The van der Waals surface area contributed by atoms with Gasteiger partial charge >= 0.3 is 23.3 Å². The van der Waals surface area contributed by atoms with E-state index in [9.17, 15) is 39.5 Å². The lowest BCUT2D eigenvalue weighted by molar-refractivity contribution is -0.380. The van der Waals surface area contributed by atoms with Gasteiger partial charge in [-0.15, -0.1) is 0 Å². The first-order valence-corrected chi connectivity index (χ1v) is 5.79. The molecular formula is C5H3F9S2. The molecule has 0 atom stereocenters. The largest absolute Gasteiger partial charge is 0.460 e. The van der Waals surface area contributed by atoms with E-state index in [4.69, 9.17) is 0 Å². The molecule has 0 rings (SSSR count). The molecule has 0 aromatic rings. The van der Waals surface area contributed by atoms with Gasteiger partial charge in [0.05, 0.1) is 0 Å². The van der Waals surface area contributed by atoms with Crippen molar-refractivity contribution in [2.75, 3.05) is 6.26 Å². The molecule has 11 heteroatoms. The van der Waals surface area contributed by atoms with Crippen LogP contribution in [-0.2, 0) is 0 Å². The summed E-state index contributed by atoms with van der Waals surface area (Å²) in [4.78, 5) is 0. The molecule has 0 bridgehead atoms. The molecule has 0 aliphatic carbocycles. The van der Waals surface area contributed by atoms with Gasteiger partial charge in [0.1, 0.15) is 0 Å². The van der Waals surface area contributed by atoms with Crippen LogP contribution in [0.4, 0.5) is 39.5 Å². The zero-order chi connectivity index (χ0) is 13.4. The molecular weight excluding hydrogens is 295 g/mol. The number of rotatable bonds is 4. The first-order chi connectivity index (χ1) is 6.81. The molecule has 0 aromatic carbocycles. The second-order valence-electron chi connectivity index (χ2n) is 2.41. The zero-order valence-corrected chi connectivity index (χ0v) is 8.85. The maximum absolute atomic E-state index is 12.4. The SMILES string of the molecule is CSSC(F)(F)C(F)(F)C(F)(F)C(F)(F)F. The lowest BCUT2D eigenvalue weighted by Gasteiger charge is -2.32. The molecule has 0 aliphatic heterocycles. The Hall–Kier alpha value is 0.0700. The van der Waals surface area contributed by atoms with Gasteiger partial charge < -0.3 is 0 Å². The van der Waals surface area contributed by atoms with Gasteiger partial charge in [0.25, 0.3) is 0 Å². The normalized spacial score (nSPS) is 15.4. The van der Waals surface area contributed by atoms with E-state index < -0.39 is 34.1 Å². The van der Waals surface area contributed by atoms with E-state index in [1.165, 1.54) is 0 Å². The quantitative estimate of drug-likeness (QED) is 0.556. The second-order valence-corrected chi connectivity index (χ2v) is 4.93. The van der Waals surface area contributed by atoms with Crippen molar-refractivity contribution in [3.63, 3.8) is 0 Å². The van der Waals surface area contributed by atoms with Gasteiger partial charge in [-0.2, -0.15) is 39.5 Å². The van der Waals surface area contributed by atoms with E-state index in [2.05, 4.69) is 0 Å². The standard InChI is InChI=1S/C5H3F9S2/c1-15-16-5(13,14)3(8,9)2(6,7)4(10,11)12/h1H3. The molecule has 0 radical (unpaired) electrons. The molecule has 0 aromatic heterocycles. The molecule has 0 amide bonds. The molecule has 0 heterocycles. The zero-order valence-electron chi connectivity index (χ0n) is 7.22. The van der Waals surface area contributed by atoms with Crippen LogP contribution in [0.3, 0.4) is 0 Å². The molecule has 0 nitrogen and oxygen atoms in total. The minimum absolute atomic E-state index is 0.0518. The van der Waals surface area contributed by atoms with Gasteiger partial charge in [-0.3, -0.25) is 0 Å². The molecule has 0 N–H and O–H groups in total. The Morgan fingerprint density at radius 2 is 1.06 bits per heavy atom. The van der Waals surface area contributed by atoms with Crippen LogP contribution in [-0.4, -0.2) is 29.5 Å². The molecule has 0 fully saturated rings. The third-order valence-corrected chi connectivity index (χ3v) is 3.06. The van der Waals surface area contributed by atoms with Gasteiger partial charge in [0, 0.05) is 0 Å². The van der Waals surface area contributed by atoms with Crippen molar-refractivity contribution in [2.24, 2.45) is 0 Å². The summed E-state index contributed by atoms with van der Waals surface area (Å²) in [5.41, 5.74) is 0. The summed E-state index contributed by atoms with van der Waals surface area (Å²) < 4.78 is 109. The first-order valence-electron chi connectivity index (χ1n) is 3.23. The summed E-state index contributed by atoms with van der Waals surface area (Å²) >= 11 is 0. The maximum Gasteiger partial charge on any atom is 0.460 e. The average molecular weight is 298 g/mol. The smallest absolute Gasteiger partial charge is 0.191 e. The highest BCUT2D eigenvalue weighted by atomic mass is 33.1. The first kappa shape index (κ1) is 16.1. The van der Waals surface area contributed by atoms with E-state index >= 15 is 0 Å². The van der Waals surface area contributed by atoms with Crippen molar-refractivity contribution in [1.29, 1.82) is 0 Å². The summed E-state index contributed by atoms with van der Waals surface area (Å²) in [6.07, 6.45) is -5.92. The summed E-state index contributed by atoms with van der Waals surface area (Å²) in [5, 5.41) is -5.54. The Labute approximate surface area is 91.3 Å². The predicted molar refractivity (Wildman–Crippen MR) is 42.0 cm³/mol. The molecule has 0 aliphatic rings. The highest BCUT2D eigenvalue weighted by Gasteiger charge is 2.82. The molecule has 0 saturated heterocycles. The summed E-state index contributed by atoms with van der Waals surface area (Å²) in [5.74, 6) is -13.3. The maximum atomic E-state index is 12.4. The lowest BCUT2D eigenvalue weighted by atomic mass is 10.1. The Morgan fingerprint density at radius 1 is 0.688 bits per heavy atom. The fourth-order valence-corrected chi connectivity index (χ4v) is 1.90. The summed E-state index contributed by atoms with van der Waals surface area (Å²) in [6.45, 7) is 0. The summed E-state index contributed by atoms with van der Waals surface area (Å²) in [7, 11) is -1.12. The lowest BCUT2D eigenvalue weighted by Crippen LogP contribution is -2.59. The highest BCUT2D eigenvalue weighted by Crippen LogP contribution is 2.58. The average Bonchev–Trinajstić information content (AvgIpc) is 2.01. The number of alkyl halides is 9. The van der Waals surface area contributed by atoms with Gasteiger partial charge in [-0.05, 0) is 17.0 Å². The van der Waals surface area contributed by atoms with Crippen LogP contribution in [0, 0.1) is 0 Å². The van der Waals surface area contributed by atoms with E-state index in [0.29, 0.717) is 0 Å². The van der Waals surface area contributed by atoms with Crippen molar-refractivity contribution in [1.82, 2.24) is 0 Å². The van der Waals surface area contributed by atoms with Gasteiger partial charge in [-0.25, -0.2) is 0 Å². The second kappa shape index (κ2) is 4.39. The van der Waals surface area contributed by atoms with Crippen LogP contribution in [0.15, 0.2) is 0 Å². The van der Waals surface area contributed by atoms with Crippen molar-refractivity contribution in [2.45, 2.75) is 23.3 Å². The van der Waals surface area contributed by atoms with Crippen molar-refractivity contribution >= 4 is 21.6 Å². The topological polar surface area (TPSA) is 0 Å². The van der Waals surface area contributed by atoms with Crippen molar-refractivity contribution in [3.8, 4) is 0 Å². The van der Waals surface area contributed by atoms with E-state index in [-0.39, 0.29) is 10.8 Å². The Morgan fingerprint density at radius 3 is 1.31 bits per heavy atom. The third kappa shape index (κ3) is 2.49.